The minimum atomic E-state index is 1.03. The Hall–Kier alpha value is -0.760. The zero-order valence-corrected chi connectivity index (χ0v) is 9.55. The second-order valence-corrected chi connectivity index (χ2v) is 3.78. The first-order valence-corrected chi connectivity index (χ1v) is 5.53. The molecule has 0 aliphatic carbocycles. The van der Waals surface area contributed by atoms with Crippen LogP contribution in [0.5, 0.6) is 0 Å². The molecule has 0 saturated carbocycles. The van der Waals surface area contributed by atoms with Crippen molar-refractivity contribution in [2.45, 2.75) is 40.2 Å². The van der Waals surface area contributed by atoms with Crippen LogP contribution in [-0.2, 0) is 6.54 Å². The van der Waals surface area contributed by atoms with Crippen molar-refractivity contribution in [3.63, 3.8) is 0 Å². The van der Waals surface area contributed by atoms with Gasteiger partial charge >= 0.3 is 0 Å². The summed E-state index contributed by atoms with van der Waals surface area (Å²) in [5, 5.41) is 0. The van der Waals surface area contributed by atoms with Gasteiger partial charge in [0.05, 0.1) is 6.26 Å². The summed E-state index contributed by atoms with van der Waals surface area (Å²) in [6, 6.07) is 2.08. The van der Waals surface area contributed by atoms with E-state index in [9.17, 15) is 0 Å². The number of rotatable bonds is 6. The van der Waals surface area contributed by atoms with Gasteiger partial charge in [-0.25, -0.2) is 0 Å². The third-order valence-electron chi connectivity index (χ3n) is 2.44. The van der Waals surface area contributed by atoms with Crippen LogP contribution in [0.15, 0.2) is 16.7 Å². The highest BCUT2D eigenvalue weighted by Gasteiger charge is 2.07. The summed E-state index contributed by atoms with van der Waals surface area (Å²) < 4.78 is 5.29. The Morgan fingerprint density at radius 1 is 1.21 bits per heavy atom. The summed E-state index contributed by atoms with van der Waals surface area (Å²) in [5.74, 6) is 1.06. The molecule has 0 spiro atoms. The van der Waals surface area contributed by atoms with E-state index in [0.717, 1.165) is 12.3 Å². The standard InChI is InChI=1S/C12H21NO/c1-4-7-13(8-5-2)10-12-6-9-14-11(12)3/h6,9H,4-5,7-8,10H2,1-3H3. The lowest BCUT2D eigenvalue weighted by atomic mass is 10.2. The average Bonchev–Trinajstić information content (AvgIpc) is 2.53. The lowest BCUT2D eigenvalue weighted by Gasteiger charge is -2.20. The summed E-state index contributed by atoms with van der Waals surface area (Å²) in [4.78, 5) is 2.48. The maximum Gasteiger partial charge on any atom is 0.105 e. The monoisotopic (exact) mass is 195 g/mol. The fraction of sp³-hybridized carbons (Fsp3) is 0.667. The smallest absolute Gasteiger partial charge is 0.105 e. The fourth-order valence-electron chi connectivity index (χ4n) is 1.72. The number of nitrogens with zero attached hydrogens (tertiary/aromatic N) is 1. The SMILES string of the molecule is CCCN(CCC)Cc1ccoc1C. The van der Waals surface area contributed by atoms with Gasteiger partial charge in [-0.15, -0.1) is 0 Å². The Morgan fingerprint density at radius 2 is 1.86 bits per heavy atom. The van der Waals surface area contributed by atoms with E-state index in [2.05, 4.69) is 24.8 Å². The van der Waals surface area contributed by atoms with Gasteiger partial charge in [0.15, 0.2) is 0 Å². The number of hydrogen-bond acceptors (Lipinski definition) is 2. The van der Waals surface area contributed by atoms with Crippen LogP contribution in [0.3, 0.4) is 0 Å². The van der Waals surface area contributed by atoms with E-state index in [0.29, 0.717) is 0 Å². The molecule has 80 valence electrons. The summed E-state index contributed by atoms with van der Waals surface area (Å²) in [6.45, 7) is 9.88. The Labute approximate surface area is 86.9 Å². The molecule has 1 aromatic rings. The number of furan rings is 1. The van der Waals surface area contributed by atoms with Gasteiger partial charge in [0.25, 0.3) is 0 Å². The molecule has 0 aliphatic rings. The molecule has 0 aromatic carbocycles. The van der Waals surface area contributed by atoms with Gasteiger partial charge in [0.1, 0.15) is 5.76 Å². The molecule has 1 rings (SSSR count). The largest absolute Gasteiger partial charge is 0.469 e. The average molecular weight is 195 g/mol. The van der Waals surface area contributed by atoms with Crippen LogP contribution in [0.4, 0.5) is 0 Å². The molecule has 14 heavy (non-hydrogen) atoms. The second-order valence-electron chi connectivity index (χ2n) is 3.78. The van der Waals surface area contributed by atoms with E-state index in [4.69, 9.17) is 4.42 Å². The Morgan fingerprint density at radius 3 is 2.29 bits per heavy atom. The van der Waals surface area contributed by atoms with E-state index < -0.39 is 0 Å². The molecule has 0 unspecified atom stereocenters. The maximum absolute atomic E-state index is 5.29. The van der Waals surface area contributed by atoms with Crippen molar-refractivity contribution in [3.8, 4) is 0 Å². The first-order chi connectivity index (χ1) is 6.77. The van der Waals surface area contributed by atoms with Crippen LogP contribution in [0.2, 0.25) is 0 Å². The van der Waals surface area contributed by atoms with Crippen LogP contribution >= 0.6 is 0 Å². The molecular formula is C12H21NO. The molecular weight excluding hydrogens is 174 g/mol. The quantitative estimate of drug-likeness (QED) is 0.693. The van der Waals surface area contributed by atoms with Crippen molar-refractivity contribution < 1.29 is 4.42 Å². The zero-order chi connectivity index (χ0) is 10.4. The third kappa shape index (κ3) is 3.18. The van der Waals surface area contributed by atoms with Crippen molar-refractivity contribution in [3.05, 3.63) is 23.7 Å². The fourth-order valence-corrected chi connectivity index (χ4v) is 1.72. The van der Waals surface area contributed by atoms with Crippen LogP contribution in [0.25, 0.3) is 0 Å². The van der Waals surface area contributed by atoms with Gasteiger partial charge in [0, 0.05) is 12.1 Å². The molecule has 1 aromatic heterocycles. The Bertz CT molecular complexity index is 249. The second kappa shape index (κ2) is 5.86. The van der Waals surface area contributed by atoms with Gasteiger partial charge in [-0.1, -0.05) is 13.8 Å². The topological polar surface area (TPSA) is 16.4 Å². The number of hydrogen-bond donors (Lipinski definition) is 0. The van der Waals surface area contributed by atoms with Crippen molar-refractivity contribution >= 4 is 0 Å². The molecule has 0 atom stereocenters. The minimum Gasteiger partial charge on any atom is -0.469 e. The highest BCUT2D eigenvalue weighted by molar-refractivity contribution is 5.15. The molecule has 0 bridgehead atoms. The van der Waals surface area contributed by atoms with Crippen LogP contribution < -0.4 is 0 Å². The molecule has 0 N–H and O–H groups in total. The van der Waals surface area contributed by atoms with Crippen molar-refractivity contribution in [1.82, 2.24) is 4.90 Å². The predicted molar refractivity (Wildman–Crippen MR) is 59.3 cm³/mol. The molecule has 0 fully saturated rings. The molecule has 0 saturated heterocycles. The van der Waals surface area contributed by atoms with Crippen molar-refractivity contribution in [1.29, 1.82) is 0 Å². The first kappa shape index (κ1) is 11.3. The molecule has 0 amide bonds. The van der Waals surface area contributed by atoms with E-state index in [1.54, 1.807) is 6.26 Å². The van der Waals surface area contributed by atoms with E-state index in [-0.39, 0.29) is 0 Å². The van der Waals surface area contributed by atoms with E-state index in [1.165, 1.54) is 31.5 Å². The van der Waals surface area contributed by atoms with Crippen molar-refractivity contribution in [2.24, 2.45) is 0 Å². The van der Waals surface area contributed by atoms with Crippen LogP contribution in [0.1, 0.15) is 38.0 Å². The molecule has 1 heterocycles. The lowest BCUT2D eigenvalue weighted by molar-refractivity contribution is 0.265. The minimum absolute atomic E-state index is 1.03. The van der Waals surface area contributed by atoms with Crippen LogP contribution in [-0.4, -0.2) is 18.0 Å². The summed E-state index contributed by atoms with van der Waals surface area (Å²) in [5.41, 5.74) is 1.33. The summed E-state index contributed by atoms with van der Waals surface area (Å²) >= 11 is 0. The van der Waals surface area contributed by atoms with Gasteiger partial charge in [0.2, 0.25) is 0 Å². The molecule has 2 nitrogen and oxygen atoms in total. The van der Waals surface area contributed by atoms with Gasteiger partial charge in [-0.05, 0) is 38.9 Å². The first-order valence-electron chi connectivity index (χ1n) is 5.53. The third-order valence-corrected chi connectivity index (χ3v) is 2.44. The summed E-state index contributed by atoms with van der Waals surface area (Å²) in [7, 11) is 0. The maximum atomic E-state index is 5.29. The summed E-state index contributed by atoms with van der Waals surface area (Å²) in [6.07, 6.45) is 4.22. The van der Waals surface area contributed by atoms with E-state index >= 15 is 0 Å². The molecule has 2 heteroatoms. The van der Waals surface area contributed by atoms with Crippen LogP contribution in [0, 0.1) is 6.92 Å². The van der Waals surface area contributed by atoms with Gasteiger partial charge < -0.3 is 4.42 Å². The molecule has 0 radical (unpaired) electrons. The normalized spacial score (nSPS) is 11.1. The predicted octanol–water partition coefficient (Wildman–Crippen LogP) is 3.21. The number of aryl methyl sites for hydroxylation is 1. The Balaban J connectivity index is 2.50. The zero-order valence-electron chi connectivity index (χ0n) is 9.55. The van der Waals surface area contributed by atoms with Crippen molar-refractivity contribution in [2.75, 3.05) is 13.1 Å². The van der Waals surface area contributed by atoms with E-state index in [1.807, 2.05) is 6.92 Å². The molecule has 0 aliphatic heterocycles. The van der Waals surface area contributed by atoms with Gasteiger partial charge in [-0.2, -0.15) is 0 Å². The Kier molecular flexibility index (Phi) is 4.74. The highest BCUT2D eigenvalue weighted by atomic mass is 16.3. The lowest BCUT2D eigenvalue weighted by Crippen LogP contribution is -2.24. The highest BCUT2D eigenvalue weighted by Crippen LogP contribution is 2.12. The van der Waals surface area contributed by atoms with Gasteiger partial charge in [-0.3, -0.25) is 4.90 Å².